The highest BCUT2D eigenvalue weighted by Crippen LogP contribution is 2.15. The fraction of sp³-hybridized carbons (Fsp3) is 0.579. The minimum Gasteiger partial charge on any atom is -0.381 e. The first-order valence-electron chi connectivity index (χ1n) is 9.22. The van der Waals surface area contributed by atoms with Crippen molar-refractivity contribution in [1.29, 1.82) is 0 Å². The van der Waals surface area contributed by atoms with Crippen LogP contribution in [0.5, 0.6) is 0 Å². The summed E-state index contributed by atoms with van der Waals surface area (Å²) >= 11 is 0. The molecule has 1 aliphatic rings. The molecule has 0 atom stereocenters. The number of anilines is 1. The molecule has 0 amide bonds. The van der Waals surface area contributed by atoms with Crippen LogP contribution in [0.25, 0.3) is 11.7 Å². The molecule has 3 heterocycles. The van der Waals surface area contributed by atoms with Gasteiger partial charge in [-0.15, -0.1) is 5.10 Å². The number of rotatable bonds is 8. The SMILES string of the molecule is CCCCCC/C=C/c1cnc2ccc(NC3CCOCC3)nn12. The van der Waals surface area contributed by atoms with Crippen molar-refractivity contribution in [3.05, 3.63) is 30.1 Å². The van der Waals surface area contributed by atoms with Crippen LogP contribution in [-0.4, -0.2) is 33.9 Å². The lowest BCUT2D eigenvalue weighted by Crippen LogP contribution is -2.28. The standard InChI is InChI=1S/C19H28N4O/c1-2-3-4-5-6-7-8-17-15-20-19-10-9-18(22-23(17)19)21-16-11-13-24-14-12-16/h7-10,15-16H,2-6,11-14H2,1H3,(H,21,22)/b8-7+. The van der Waals surface area contributed by atoms with Crippen LogP contribution < -0.4 is 5.32 Å². The molecule has 1 N–H and O–H groups in total. The molecule has 0 aromatic carbocycles. The molecule has 24 heavy (non-hydrogen) atoms. The Balaban J connectivity index is 1.63. The molecule has 0 spiro atoms. The molecule has 3 rings (SSSR count). The first-order chi connectivity index (χ1) is 11.9. The summed E-state index contributed by atoms with van der Waals surface area (Å²) < 4.78 is 7.33. The highest BCUT2D eigenvalue weighted by atomic mass is 16.5. The Morgan fingerprint density at radius 2 is 2.12 bits per heavy atom. The molecule has 130 valence electrons. The maximum atomic E-state index is 5.41. The Kier molecular flexibility index (Phi) is 6.24. The number of unbranched alkanes of at least 4 members (excludes halogenated alkanes) is 4. The van der Waals surface area contributed by atoms with Gasteiger partial charge in [0, 0.05) is 19.3 Å². The van der Waals surface area contributed by atoms with Crippen molar-refractivity contribution >= 4 is 17.5 Å². The lowest BCUT2D eigenvalue weighted by atomic mass is 10.1. The minimum atomic E-state index is 0.449. The zero-order valence-electron chi connectivity index (χ0n) is 14.6. The zero-order valence-corrected chi connectivity index (χ0v) is 14.6. The smallest absolute Gasteiger partial charge is 0.154 e. The van der Waals surface area contributed by atoms with E-state index < -0.39 is 0 Å². The predicted octanol–water partition coefficient (Wildman–Crippen LogP) is 4.30. The van der Waals surface area contributed by atoms with Gasteiger partial charge in [0.1, 0.15) is 5.82 Å². The maximum absolute atomic E-state index is 5.41. The van der Waals surface area contributed by atoms with Crippen molar-refractivity contribution in [2.75, 3.05) is 18.5 Å². The van der Waals surface area contributed by atoms with Gasteiger partial charge < -0.3 is 10.1 Å². The number of hydrogen-bond donors (Lipinski definition) is 1. The van der Waals surface area contributed by atoms with Crippen molar-refractivity contribution in [3.63, 3.8) is 0 Å². The van der Waals surface area contributed by atoms with Crippen LogP contribution in [0.2, 0.25) is 0 Å². The molecular weight excluding hydrogens is 300 g/mol. The maximum Gasteiger partial charge on any atom is 0.154 e. The van der Waals surface area contributed by atoms with Crippen LogP contribution in [0.15, 0.2) is 24.4 Å². The number of hydrogen-bond acceptors (Lipinski definition) is 4. The van der Waals surface area contributed by atoms with Gasteiger partial charge in [-0.2, -0.15) is 0 Å². The molecule has 2 aromatic rings. The van der Waals surface area contributed by atoms with E-state index in [1.165, 1.54) is 25.7 Å². The summed E-state index contributed by atoms with van der Waals surface area (Å²) in [6.07, 6.45) is 14.6. The number of nitrogens with zero attached hydrogens (tertiary/aromatic N) is 3. The van der Waals surface area contributed by atoms with Gasteiger partial charge >= 0.3 is 0 Å². The lowest BCUT2D eigenvalue weighted by molar-refractivity contribution is 0.0903. The van der Waals surface area contributed by atoms with Crippen molar-refractivity contribution in [1.82, 2.24) is 14.6 Å². The van der Waals surface area contributed by atoms with Gasteiger partial charge in [0.15, 0.2) is 5.65 Å². The van der Waals surface area contributed by atoms with E-state index >= 15 is 0 Å². The van der Waals surface area contributed by atoms with E-state index in [1.54, 1.807) is 0 Å². The Bertz CT molecular complexity index is 658. The third-order valence-corrected chi connectivity index (χ3v) is 4.47. The number of fused-ring (bicyclic) bond motifs is 1. The highest BCUT2D eigenvalue weighted by molar-refractivity contribution is 5.53. The second kappa shape index (κ2) is 8.83. The number of imidazole rings is 1. The van der Waals surface area contributed by atoms with Gasteiger partial charge in [-0.1, -0.05) is 32.3 Å². The second-order valence-corrected chi connectivity index (χ2v) is 6.45. The van der Waals surface area contributed by atoms with Crippen LogP contribution in [-0.2, 0) is 4.74 Å². The molecular formula is C19H28N4O. The summed E-state index contributed by atoms with van der Waals surface area (Å²) in [4.78, 5) is 4.44. The van der Waals surface area contributed by atoms with Crippen molar-refractivity contribution in [2.24, 2.45) is 0 Å². The Morgan fingerprint density at radius 3 is 2.96 bits per heavy atom. The topological polar surface area (TPSA) is 51.5 Å². The van der Waals surface area contributed by atoms with Gasteiger partial charge in [0.25, 0.3) is 0 Å². The van der Waals surface area contributed by atoms with Crippen LogP contribution in [0.3, 0.4) is 0 Å². The fourth-order valence-corrected chi connectivity index (χ4v) is 3.03. The summed E-state index contributed by atoms with van der Waals surface area (Å²) in [6.45, 7) is 3.90. The monoisotopic (exact) mass is 328 g/mol. The van der Waals surface area contributed by atoms with E-state index in [2.05, 4.69) is 29.4 Å². The summed E-state index contributed by atoms with van der Waals surface area (Å²) in [5, 5.41) is 8.23. The molecule has 5 nitrogen and oxygen atoms in total. The van der Waals surface area contributed by atoms with E-state index in [0.717, 1.165) is 49.6 Å². The normalized spacial score (nSPS) is 16.2. The van der Waals surface area contributed by atoms with E-state index in [1.807, 2.05) is 22.8 Å². The third-order valence-electron chi connectivity index (χ3n) is 4.47. The Labute approximate surface area is 144 Å². The molecule has 1 aliphatic heterocycles. The van der Waals surface area contributed by atoms with Gasteiger partial charge in [0.05, 0.1) is 11.9 Å². The van der Waals surface area contributed by atoms with Gasteiger partial charge in [0.2, 0.25) is 0 Å². The molecule has 0 saturated carbocycles. The molecule has 1 saturated heterocycles. The first-order valence-corrected chi connectivity index (χ1v) is 9.22. The number of aromatic nitrogens is 3. The summed E-state index contributed by atoms with van der Waals surface area (Å²) in [5.41, 5.74) is 1.93. The fourth-order valence-electron chi connectivity index (χ4n) is 3.03. The summed E-state index contributed by atoms with van der Waals surface area (Å²) in [7, 11) is 0. The highest BCUT2D eigenvalue weighted by Gasteiger charge is 2.14. The van der Waals surface area contributed by atoms with Crippen LogP contribution in [0, 0.1) is 0 Å². The quantitative estimate of drug-likeness (QED) is 0.734. The largest absolute Gasteiger partial charge is 0.381 e. The molecule has 2 aromatic heterocycles. The van der Waals surface area contributed by atoms with Crippen molar-refractivity contribution in [3.8, 4) is 0 Å². The van der Waals surface area contributed by atoms with Crippen LogP contribution in [0.1, 0.15) is 57.6 Å². The van der Waals surface area contributed by atoms with E-state index in [0.29, 0.717) is 6.04 Å². The second-order valence-electron chi connectivity index (χ2n) is 6.45. The summed E-state index contributed by atoms with van der Waals surface area (Å²) in [6, 6.07) is 4.48. The Morgan fingerprint density at radius 1 is 1.25 bits per heavy atom. The predicted molar refractivity (Wildman–Crippen MR) is 98.2 cm³/mol. The molecule has 1 fully saturated rings. The molecule has 0 aliphatic carbocycles. The van der Waals surface area contributed by atoms with E-state index in [9.17, 15) is 0 Å². The lowest BCUT2D eigenvalue weighted by Gasteiger charge is -2.23. The number of nitrogens with one attached hydrogen (secondary N) is 1. The van der Waals surface area contributed by atoms with Crippen molar-refractivity contribution < 1.29 is 4.74 Å². The number of ether oxygens (including phenoxy) is 1. The van der Waals surface area contributed by atoms with E-state index in [-0.39, 0.29) is 0 Å². The van der Waals surface area contributed by atoms with Crippen LogP contribution in [0.4, 0.5) is 5.82 Å². The van der Waals surface area contributed by atoms with Crippen LogP contribution >= 0.6 is 0 Å². The van der Waals surface area contributed by atoms with Crippen molar-refractivity contribution in [2.45, 2.75) is 57.9 Å². The zero-order chi connectivity index (χ0) is 16.6. The Hall–Kier alpha value is -1.88. The third kappa shape index (κ3) is 4.57. The average Bonchev–Trinajstić information content (AvgIpc) is 3.01. The minimum absolute atomic E-state index is 0.449. The van der Waals surface area contributed by atoms with Gasteiger partial charge in [-0.3, -0.25) is 0 Å². The van der Waals surface area contributed by atoms with Gasteiger partial charge in [-0.25, -0.2) is 9.50 Å². The number of allylic oxidation sites excluding steroid dienone is 1. The van der Waals surface area contributed by atoms with Gasteiger partial charge in [-0.05, 0) is 43.9 Å². The first kappa shape index (κ1) is 17.0. The molecule has 0 bridgehead atoms. The van der Waals surface area contributed by atoms with E-state index in [4.69, 9.17) is 9.84 Å². The molecule has 0 radical (unpaired) electrons. The molecule has 0 unspecified atom stereocenters. The average molecular weight is 328 g/mol. The summed E-state index contributed by atoms with van der Waals surface area (Å²) in [5.74, 6) is 0.907. The molecule has 5 heteroatoms.